The molecule has 0 atom stereocenters. The van der Waals surface area contributed by atoms with Crippen molar-refractivity contribution in [1.29, 1.82) is 0 Å². The molecule has 0 bridgehead atoms. The Balaban J connectivity index is 0.000000155. The molecule has 49 heavy (non-hydrogen) atoms. The molecule has 0 amide bonds. The van der Waals surface area contributed by atoms with Gasteiger partial charge in [0.1, 0.15) is 42.2 Å². The van der Waals surface area contributed by atoms with Gasteiger partial charge in [-0.25, -0.2) is 24.6 Å². The van der Waals surface area contributed by atoms with E-state index in [2.05, 4.69) is 42.3 Å². The summed E-state index contributed by atoms with van der Waals surface area (Å²) in [6.07, 6.45) is 6.64. The summed E-state index contributed by atoms with van der Waals surface area (Å²) in [5.41, 5.74) is 15.7. The Morgan fingerprint density at radius 1 is 0.735 bits per heavy atom. The summed E-state index contributed by atoms with van der Waals surface area (Å²) in [5, 5.41) is 17.4. The van der Waals surface area contributed by atoms with Crippen molar-refractivity contribution in [3.05, 3.63) is 100 Å². The zero-order valence-corrected chi connectivity index (χ0v) is 26.8. The second kappa shape index (κ2) is 14.5. The number of aromatic amines is 1. The van der Waals surface area contributed by atoms with Gasteiger partial charge in [-0.3, -0.25) is 14.6 Å². The van der Waals surface area contributed by atoms with Crippen LogP contribution < -0.4 is 17.0 Å². The Morgan fingerprint density at radius 3 is 1.88 bits per heavy atom. The second-order valence-corrected chi connectivity index (χ2v) is 12.2. The molecule has 0 saturated heterocycles. The van der Waals surface area contributed by atoms with Crippen LogP contribution in [0.2, 0.25) is 0 Å². The molecule has 0 radical (unpaired) electrons. The summed E-state index contributed by atoms with van der Waals surface area (Å²) < 4.78 is 20.6. The van der Waals surface area contributed by atoms with Gasteiger partial charge in [0.25, 0.3) is 5.56 Å². The molecule has 254 valence electrons. The van der Waals surface area contributed by atoms with Gasteiger partial charge in [-0.2, -0.15) is 5.10 Å². The highest BCUT2D eigenvalue weighted by Gasteiger charge is 2.35. The molecule has 4 aromatic heterocycles. The number of aromatic nitrogens is 8. The summed E-state index contributed by atoms with van der Waals surface area (Å²) in [7, 11) is 0. The third-order valence-electron chi connectivity index (χ3n) is 8.96. The quantitative estimate of drug-likeness (QED) is 0.147. The van der Waals surface area contributed by atoms with Crippen LogP contribution in [0.3, 0.4) is 0 Å². The molecular formula is C34H38N10O5. The number of hydrogen-bond donors (Lipinski definition) is 4. The number of aliphatic hydroxyl groups is 1. The number of rotatable bonds is 11. The minimum Gasteiger partial charge on any atom is -0.383 e. The molecule has 0 unspecified atom stereocenters. The molecule has 15 heteroatoms. The predicted octanol–water partition coefficient (Wildman–Crippen LogP) is 3.42. The van der Waals surface area contributed by atoms with Crippen LogP contribution in [0, 0.1) is 0 Å². The molecule has 4 heterocycles. The van der Waals surface area contributed by atoms with Gasteiger partial charge in [-0.05, 0) is 36.8 Å². The van der Waals surface area contributed by atoms with Crippen molar-refractivity contribution >= 4 is 33.7 Å². The van der Waals surface area contributed by atoms with Crippen molar-refractivity contribution in [3.63, 3.8) is 0 Å². The number of fused-ring (bicyclic) bond motifs is 2. The van der Waals surface area contributed by atoms with Crippen molar-refractivity contribution < 1.29 is 19.3 Å². The summed E-state index contributed by atoms with van der Waals surface area (Å²) in [5.74, 6) is 0.584. The van der Waals surface area contributed by atoms with Gasteiger partial charge >= 0.3 is 0 Å². The zero-order valence-electron chi connectivity index (χ0n) is 26.8. The molecule has 2 aromatic carbocycles. The largest absolute Gasteiger partial charge is 0.383 e. The highest BCUT2D eigenvalue weighted by atomic mass is 16.6. The highest BCUT2D eigenvalue weighted by Crippen LogP contribution is 2.38. The molecule has 0 aliphatic heterocycles. The van der Waals surface area contributed by atoms with E-state index in [4.69, 9.17) is 30.8 Å². The van der Waals surface area contributed by atoms with Gasteiger partial charge in [0.2, 0.25) is 0 Å². The standard InChI is InChI=1S/C18H21N5O3.C16H17N5O2/c19-17-16-15(9-25-11-24)22-23(18(16)21-10-20-17)13-6-14(7-13)26-8-12-4-2-1-3-5-12;17-14-13-15(19-9-18-14)21(20-16(13)22)11-6-12(7-11)23-8-10-4-2-1-3-5-10/h1-5,10,13-14,24H,6-9,11H2,(H2,19,20,21);1-5,9,11-12H,6-8H2,(H,20,22)(H2,17,18,19). The van der Waals surface area contributed by atoms with Crippen molar-refractivity contribution in [2.45, 2.75) is 69.8 Å². The third-order valence-corrected chi connectivity index (χ3v) is 8.96. The smallest absolute Gasteiger partial charge is 0.277 e. The van der Waals surface area contributed by atoms with E-state index in [0.717, 1.165) is 31.2 Å². The lowest BCUT2D eigenvalue weighted by Gasteiger charge is -2.35. The van der Waals surface area contributed by atoms with E-state index in [0.29, 0.717) is 46.8 Å². The first-order chi connectivity index (χ1) is 24.0. The maximum Gasteiger partial charge on any atom is 0.277 e. The Labute approximate surface area is 280 Å². The first-order valence-electron chi connectivity index (χ1n) is 16.2. The number of ether oxygens (including phenoxy) is 3. The van der Waals surface area contributed by atoms with Crippen molar-refractivity contribution in [2.24, 2.45) is 0 Å². The maximum absolute atomic E-state index is 12.0. The average Bonchev–Trinajstić information content (AvgIpc) is 3.62. The van der Waals surface area contributed by atoms with E-state index in [-0.39, 0.29) is 49.1 Å². The third kappa shape index (κ3) is 7.00. The van der Waals surface area contributed by atoms with E-state index in [1.165, 1.54) is 18.2 Å². The van der Waals surface area contributed by atoms with Gasteiger partial charge in [0, 0.05) is 0 Å². The van der Waals surface area contributed by atoms with E-state index in [1.54, 1.807) is 4.68 Å². The first-order valence-corrected chi connectivity index (χ1v) is 16.2. The fourth-order valence-electron chi connectivity index (χ4n) is 6.17. The lowest BCUT2D eigenvalue weighted by Crippen LogP contribution is -2.34. The molecular weight excluding hydrogens is 628 g/mol. The molecule has 8 rings (SSSR count). The highest BCUT2D eigenvalue weighted by molar-refractivity contribution is 5.88. The Hall–Kier alpha value is -5.22. The van der Waals surface area contributed by atoms with Crippen LogP contribution in [0.1, 0.15) is 54.6 Å². The van der Waals surface area contributed by atoms with Crippen LogP contribution in [-0.2, 0) is 34.0 Å². The number of nitrogen functional groups attached to an aromatic ring is 2. The monoisotopic (exact) mass is 666 g/mol. The molecule has 2 fully saturated rings. The summed E-state index contributed by atoms with van der Waals surface area (Å²) in [6, 6.07) is 20.6. The molecule has 2 saturated carbocycles. The normalized spacial score (nSPS) is 20.0. The molecule has 2 aliphatic rings. The average molecular weight is 667 g/mol. The van der Waals surface area contributed by atoms with Crippen molar-refractivity contribution in [3.8, 4) is 0 Å². The van der Waals surface area contributed by atoms with E-state index in [1.807, 2.05) is 53.2 Å². The van der Waals surface area contributed by atoms with E-state index in [9.17, 15) is 4.79 Å². The number of nitrogens with one attached hydrogen (secondary N) is 1. The van der Waals surface area contributed by atoms with Gasteiger partial charge in [0.05, 0.1) is 49.5 Å². The fourth-order valence-corrected chi connectivity index (χ4v) is 6.17. The number of benzene rings is 2. The number of H-pyrrole nitrogens is 1. The number of hydrogen-bond acceptors (Lipinski definition) is 12. The van der Waals surface area contributed by atoms with E-state index < -0.39 is 0 Å². The fraction of sp³-hybridized carbons (Fsp3) is 0.353. The van der Waals surface area contributed by atoms with Crippen molar-refractivity contribution in [2.75, 3.05) is 18.3 Å². The summed E-state index contributed by atoms with van der Waals surface area (Å²) >= 11 is 0. The van der Waals surface area contributed by atoms with Crippen LogP contribution in [0.4, 0.5) is 11.6 Å². The zero-order chi connectivity index (χ0) is 33.7. The Bertz CT molecular complexity index is 2050. The maximum atomic E-state index is 12.0. The lowest BCUT2D eigenvalue weighted by atomic mass is 9.89. The molecule has 6 N–H and O–H groups in total. The number of nitrogens with zero attached hydrogens (tertiary/aromatic N) is 7. The van der Waals surface area contributed by atoms with Crippen molar-refractivity contribution in [1.82, 2.24) is 39.5 Å². The van der Waals surface area contributed by atoms with Gasteiger partial charge in [-0.15, -0.1) is 0 Å². The lowest BCUT2D eigenvalue weighted by molar-refractivity contribution is -0.0381. The Morgan fingerprint density at radius 2 is 1.29 bits per heavy atom. The molecule has 0 spiro atoms. The van der Waals surface area contributed by atoms with Gasteiger partial charge in [-0.1, -0.05) is 60.7 Å². The second-order valence-electron chi connectivity index (χ2n) is 12.2. The van der Waals surface area contributed by atoms with Gasteiger partial charge in [0.15, 0.2) is 11.3 Å². The van der Waals surface area contributed by atoms with Crippen LogP contribution in [0.15, 0.2) is 78.1 Å². The molecule has 15 nitrogen and oxygen atoms in total. The summed E-state index contributed by atoms with van der Waals surface area (Å²) in [4.78, 5) is 28.4. The Kier molecular flexibility index (Phi) is 9.56. The minimum absolute atomic E-state index is 0.165. The number of anilines is 2. The van der Waals surface area contributed by atoms with Crippen LogP contribution >= 0.6 is 0 Å². The van der Waals surface area contributed by atoms with Crippen LogP contribution in [-0.4, -0.2) is 63.6 Å². The van der Waals surface area contributed by atoms with Gasteiger partial charge < -0.3 is 30.8 Å². The van der Waals surface area contributed by atoms with Crippen LogP contribution in [0.25, 0.3) is 22.1 Å². The SMILES string of the molecule is Nc1ncnc2c1c(=O)[nH]n2C1CC(OCc2ccccc2)C1.Nc1ncnc2c1c(COCO)nn2C1CC(OCc2ccccc2)C1. The minimum atomic E-state index is -0.374. The van der Waals surface area contributed by atoms with E-state index >= 15 is 0 Å². The number of nitrogens with two attached hydrogens (primary N) is 2. The first kappa shape index (κ1) is 32.3. The topological polar surface area (TPSA) is 207 Å². The van der Waals surface area contributed by atoms with Crippen LogP contribution in [0.5, 0.6) is 0 Å². The molecule has 6 aromatic rings. The number of aliphatic hydroxyl groups excluding tert-OH is 1. The predicted molar refractivity (Wildman–Crippen MR) is 181 cm³/mol. The molecule has 2 aliphatic carbocycles. The summed E-state index contributed by atoms with van der Waals surface area (Å²) in [6.45, 7) is 1.01.